The highest BCUT2D eigenvalue weighted by atomic mass is 16.6. The standard InChI is InChI=1S/C20H41N5O3/c1-6-27-17-8-7-10-22-18(21-5)23-11-9-12-24-13-15-25(16-14-24)19(26)28-20(2,3)4/h6-17H2,1-5H3,(H2,21,22,23). The molecule has 0 aromatic rings. The molecule has 0 spiro atoms. The summed E-state index contributed by atoms with van der Waals surface area (Å²) in [6, 6.07) is 0. The average Bonchev–Trinajstić information content (AvgIpc) is 2.65. The van der Waals surface area contributed by atoms with Gasteiger partial charge in [-0.25, -0.2) is 4.79 Å². The minimum atomic E-state index is -0.435. The Morgan fingerprint density at radius 2 is 1.68 bits per heavy atom. The fourth-order valence-electron chi connectivity index (χ4n) is 2.89. The van der Waals surface area contributed by atoms with E-state index in [-0.39, 0.29) is 6.09 Å². The van der Waals surface area contributed by atoms with Gasteiger partial charge >= 0.3 is 6.09 Å². The van der Waals surface area contributed by atoms with Crippen LogP contribution in [0.3, 0.4) is 0 Å². The Balaban J connectivity index is 2.09. The molecule has 8 heteroatoms. The topological polar surface area (TPSA) is 78.4 Å². The van der Waals surface area contributed by atoms with Gasteiger partial charge in [-0.05, 0) is 53.5 Å². The second-order valence-electron chi connectivity index (χ2n) is 7.99. The summed E-state index contributed by atoms with van der Waals surface area (Å²) >= 11 is 0. The molecule has 0 aliphatic carbocycles. The molecule has 8 nitrogen and oxygen atoms in total. The quantitative estimate of drug-likeness (QED) is 0.332. The number of guanidine groups is 1. The first-order valence-electron chi connectivity index (χ1n) is 10.6. The largest absolute Gasteiger partial charge is 0.444 e. The van der Waals surface area contributed by atoms with E-state index in [2.05, 4.69) is 20.5 Å². The monoisotopic (exact) mass is 399 g/mol. The minimum Gasteiger partial charge on any atom is -0.444 e. The van der Waals surface area contributed by atoms with E-state index in [1.807, 2.05) is 27.7 Å². The molecule has 1 aliphatic rings. The van der Waals surface area contributed by atoms with E-state index in [4.69, 9.17) is 9.47 Å². The predicted octanol–water partition coefficient (Wildman–Crippen LogP) is 1.91. The number of unbranched alkanes of at least 4 members (excludes halogenated alkanes) is 1. The van der Waals surface area contributed by atoms with E-state index in [1.54, 1.807) is 11.9 Å². The summed E-state index contributed by atoms with van der Waals surface area (Å²) in [5.74, 6) is 0.853. The molecule has 164 valence electrons. The number of rotatable bonds is 10. The molecule has 1 saturated heterocycles. The van der Waals surface area contributed by atoms with Crippen LogP contribution in [0.2, 0.25) is 0 Å². The zero-order chi connectivity index (χ0) is 20.8. The minimum absolute atomic E-state index is 0.204. The molecule has 0 aromatic carbocycles. The lowest BCUT2D eigenvalue weighted by molar-refractivity contribution is 0.0145. The van der Waals surface area contributed by atoms with Crippen LogP contribution in [-0.4, -0.2) is 93.5 Å². The van der Waals surface area contributed by atoms with E-state index < -0.39 is 5.60 Å². The molecule has 0 atom stereocenters. The summed E-state index contributed by atoms with van der Waals surface area (Å²) in [6.07, 6.45) is 2.97. The number of nitrogens with zero attached hydrogens (tertiary/aromatic N) is 3. The van der Waals surface area contributed by atoms with Gasteiger partial charge in [-0.3, -0.25) is 9.89 Å². The van der Waals surface area contributed by atoms with E-state index in [0.717, 1.165) is 84.2 Å². The summed E-state index contributed by atoms with van der Waals surface area (Å²) < 4.78 is 10.8. The van der Waals surface area contributed by atoms with Gasteiger partial charge in [0, 0.05) is 59.5 Å². The SMILES string of the molecule is CCOCCCCNC(=NC)NCCCN1CCN(C(=O)OC(C)(C)C)CC1. The molecule has 0 unspecified atom stereocenters. The van der Waals surface area contributed by atoms with Crippen LogP contribution in [0.4, 0.5) is 4.79 Å². The van der Waals surface area contributed by atoms with Gasteiger partial charge in [0.2, 0.25) is 0 Å². The van der Waals surface area contributed by atoms with Crippen LogP contribution in [0, 0.1) is 0 Å². The van der Waals surface area contributed by atoms with Crippen molar-refractivity contribution in [1.29, 1.82) is 0 Å². The Morgan fingerprint density at radius 3 is 2.25 bits per heavy atom. The third-order valence-electron chi connectivity index (χ3n) is 4.40. The average molecular weight is 400 g/mol. The van der Waals surface area contributed by atoms with Gasteiger partial charge in [0.1, 0.15) is 5.60 Å². The zero-order valence-electron chi connectivity index (χ0n) is 18.6. The summed E-state index contributed by atoms with van der Waals surface area (Å²) in [6.45, 7) is 15.4. The van der Waals surface area contributed by atoms with Crippen molar-refractivity contribution in [3.05, 3.63) is 0 Å². The first-order valence-corrected chi connectivity index (χ1v) is 10.6. The number of amides is 1. The Labute approximate surface area is 171 Å². The van der Waals surface area contributed by atoms with Crippen LogP contribution < -0.4 is 10.6 Å². The third kappa shape index (κ3) is 11.3. The Bertz CT molecular complexity index is 457. The molecule has 0 saturated carbocycles. The van der Waals surface area contributed by atoms with Crippen LogP contribution in [0.5, 0.6) is 0 Å². The Morgan fingerprint density at radius 1 is 1.04 bits per heavy atom. The van der Waals surface area contributed by atoms with E-state index >= 15 is 0 Å². The molecule has 1 fully saturated rings. The molecular formula is C20H41N5O3. The number of aliphatic imine (C=N–C) groups is 1. The van der Waals surface area contributed by atoms with E-state index in [1.165, 1.54) is 0 Å². The van der Waals surface area contributed by atoms with Gasteiger partial charge in [0.15, 0.2) is 5.96 Å². The summed E-state index contributed by atoms with van der Waals surface area (Å²) in [5, 5.41) is 6.69. The molecule has 1 rings (SSSR count). The second kappa shape index (κ2) is 13.6. The molecular weight excluding hydrogens is 358 g/mol. The van der Waals surface area contributed by atoms with Crippen molar-refractivity contribution >= 4 is 12.1 Å². The van der Waals surface area contributed by atoms with Crippen molar-refractivity contribution in [3.63, 3.8) is 0 Å². The second-order valence-corrected chi connectivity index (χ2v) is 7.99. The lowest BCUT2D eigenvalue weighted by atomic mass is 10.2. The van der Waals surface area contributed by atoms with Crippen LogP contribution in [0.25, 0.3) is 0 Å². The lowest BCUT2D eigenvalue weighted by Gasteiger charge is -2.35. The fourth-order valence-corrected chi connectivity index (χ4v) is 2.89. The number of hydrogen-bond donors (Lipinski definition) is 2. The maximum absolute atomic E-state index is 12.1. The van der Waals surface area contributed by atoms with Crippen molar-refractivity contribution in [2.24, 2.45) is 4.99 Å². The van der Waals surface area contributed by atoms with Gasteiger partial charge < -0.3 is 25.0 Å². The Kier molecular flexibility index (Phi) is 11.9. The number of ether oxygens (including phenoxy) is 2. The highest BCUT2D eigenvalue weighted by Gasteiger charge is 2.25. The first-order chi connectivity index (χ1) is 13.4. The van der Waals surface area contributed by atoms with Gasteiger partial charge in [0.25, 0.3) is 0 Å². The summed E-state index contributed by atoms with van der Waals surface area (Å²) in [4.78, 5) is 20.6. The van der Waals surface area contributed by atoms with Crippen molar-refractivity contribution < 1.29 is 14.3 Å². The summed E-state index contributed by atoms with van der Waals surface area (Å²) in [7, 11) is 1.80. The molecule has 1 amide bonds. The molecule has 0 aromatic heterocycles. The molecule has 0 bridgehead atoms. The first kappa shape index (κ1) is 24.5. The van der Waals surface area contributed by atoms with Gasteiger partial charge in [-0.2, -0.15) is 0 Å². The molecule has 28 heavy (non-hydrogen) atoms. The highest BCUT2D eigenvalue weighted by Crippen LogP contribution is 2.11. The van der Waals surface area contributed by atoms with Crippen molar-refractivity contribution in [2.45, 2.75) is 52.6 Å². The van der Waals surface area contributed by atoms with E-state index in [0.29, 0.717) is 0 Å². The number of carbonyl (C=O) groups excluding carboxylic acids is 1. The maximum atomic E-state index is 12.1. The number of piperazine rings is 1. The molecule has 0 radical (unpaired) electrons. The summed E-state index contributed by atoms with van der Waals surface area (Å²) in [5.41, 5.74) is -0.435. The zero-order valence-corrected chi connectivity index (χ0v) is 18.6. The number of carbonyl (C=O) groups is 1. The highest BCUT2D eigenvalue weighted by molar-refractivity contribution is 5.79. The van der Waals surface area contributed by atoms with Crippen molar-refractivity contribution in [2.75, 3.05) is 66.1 Å². The van der Waals surface area contributed by atoms with Crippen LogP contribution in [0.1, 0.15) is 47.0 Å². The van der Waals surface area contributed by atoms with Gasteiger partial charge in [0.05, 0.1) is 0 Å². The van der Waals surface area contributed by atoms with Gasteiger partial charge in [-0.15, -0.1) is 0 Å². The fraction of sp³-hybridized carbons (Fsp3) is 0.900. The van der Waals surface area contributed by atoms with Crippen LogP contribution in [0.15, 0.2) is 4.99 Å². The molecule has 1 heterocycles. The Hall–Kier alpha value is -1.54. The molecule has 1 aliphatic heterocycles. The lowest BCUT2D eigenvalue weighted by Crippen LogP contribution is -2.50. The normalized spacial score (nSPS) is 16.2. The van der Waals surface area contributed by atoms with E-state index in [9.17, 15) is 4.79 Å². The predicted molar refractivity (Wildman–Crippen MR) is 114 cm³/mol. The smallest absolute Gasteiger partial charge is 0.410 e. The number of hydrogen-bond acceptors (Lipinski definition) is 5. The van der Waals surface area contributed by atoms with Crippen molar-refractivity contribution in [3.8, 4) is 0 Å². The molecule has 2 N–H and O–H groups in total. The number of nitrogens with one attached hydrogen (secondary N) is 2. The van der Waals surface area contributed by atoms with Gasteiger partial charge in [-0.1, -0.05) is 0 Å². The maximum Gasteiger partial charge on any atom is 0.410 e. The van der Waals surface area contributed by atoms with Crippen LogP contribution in [-0.2, 0) is 9.47 Å². The van der Waals surface area contributed by atoms with Crippen LogP contribution >= 0.6 is 0 Å². The van der Waals surface area contributed by atoms with Crippen molar-refractivity contribution in [1.82, 2.24) is 20.4 Å². The third-order valence-corrected chi connectivity index (χ3v) is 4.40.